The van der Waals surface area contributed by atoms with Crippen molar-refractivity contribution in [3.63, 3.8) is 0 Å². The molecule has 2 rings (SSSR count). The van der Waals surface area contributed by atoms with Crippen molar-refractivity contribution in [3.05, 3.63) is 50.6 Å². The normalized spacial score (nSPS) is 10.6. The third-order valence-corrected chi connectivity index (χ3v) is 4.27. The van der Waals surface area contributed by atoms with Crippen molar-refractivity contribution in [3.8, 4) is 0 Å². The van der Waals surface area contributed by atoms with Crippen LogP contribution in [0.5, 0.6) is 0 Å². The van der Waals surface area contributed by atoms with Gasteiger partial charge in [0, 0.05) is 28.1 Å². The van der Waals surface area contributed by atoms with Crippen LogP contribution >= 0.6 is 27.3 Å². The molecule has 4 heteroatoms. The third kappa shape index (κ3) is 3.13. The Labute approximate surface area is 121 Å². The van der Waals surface area contributed by atoms with Crippen LogP contribution in [0.4, 0.5) is 5.69 Å². The molecule has 2 N–H and O–H groups in total. The van der Waals surface area contributed by atoms with E-state index in [1.165, 1.54) is 16.1 Å². The van der Waals surface area contributed by atoms with E-state index in [0.717, 1.165) is 17.6 Å². The van der Waals surface area contributed by atoms with E-state index in [1.54, 1.807) is 11.3 Å². The standard InChI is InChI=1S/C14H17BrN2S/c1-2-17(10-13-4-3-7-18-13)14-8-12(15)6-5-11(14)9-16/h3-8H,2,9-10,16H2,1H3. The highest BCUT2D eigenvalue weighted by Gasteiger charge is 2.10. The smallest absolute Gasteiger partial charge is 0.0522 e. The Balaban J connectivity index is 2.28. The van der Waals surface area contributed by atoms with Gasteiger partial charge >= 0.3 is 0 Å². The molecule has 0 radical (unpaired) electrons. The molecule has 0 unspecified atom stereocenters. The second-order valence-corrected chi connectivity index (χ2v) is 6.02. The van der Waals surface area contributed by atoms with E-state index in [-0.39, 0.29) is 0 Å². The molecule has 0 aliphatic rings. The van der Waals surface area contributed by atoms with Crippen LogP contribution < -0.4 is 10.6 Å². The molecule has 0 aliphatic heterocycles. The van der Waals surface area contributed by atoms with Crippen molar-refractivity contribution in [1.29, 1.82) is 0 Å². The van der Waals surface area contributed by atoms with Gasteiger partial charge in [0.25, 0.3) is 0 Å². The fourth-order valence-corrected chi connectivity index (χ4v) is 3.03. The molecule has 0 bridgehead atoms. The van der Waals surface area contributed by atoms with Crippen LogP contribution in [0.1, 0.15) is 17.4 Å². The average molecular weight is 325 g/mol. The van der Waals surface area contributed by atoms with Crippen LogP contribution in [0.2, 0.25) is 0 Å². The molecular formula is C14H17BrN2S. The van der Waals surface area contributed by atoms with Crippen LogP contribution in [0, 0.1) is 0 Å². The van der Waals surface area contributed by atoms with Crippen molar-refractivity contribution in [2.45, 2.75) is 20.0 Å². The molecule has 1 aromatic carbocycles. The highest BCUT2D eigenvalue weighted by Crippen LogP contribution is 2.27. The van der Waals surface area contributed by atoms with Crippen molar-refractivity contribution >= 4 is 33.0 Å². The Bertz CT molecular complexity index is 497. The number of nitrogens with zero attached hydrogens (tertiary/aromatic N) is 1. The third-order valence-electron chi connectivity index (χ3n) is 2.92. The lowest BCUT2D eigenvalue weighted by Crippen LogP contribution is -2.23. The molecule has 0 atom stereocenters. The number of hydrogen-bond donors (Lipinski definition) is 1. The Morgan fingerprint density at radius 2 is 2.17 bits per heavy atom. The van der Waals surface area contributed by atoms with Crippen LogP contribution in [-0.2, 0) is 13.1 Å². The molecule has 0 aliphatic carbocycles. The summed E-state index contributed by atoms with van der Waals surface area (Å²) < 4.78 is 1.10. The van der Waals surface area contributed by atoms with Crippen LogP contribution in [-0.4, -0.2) is 6.54 Å². The first-order chi connectivity index (χ1) is 8.74. The maximum Gasteiger partial charge on any atom is 0.0522 e. The van der Waals surface area contributed by atoms with Gasteiger partial charge < -0.3 is 10.6 Å². The molecule has 0 spiro atoms. The molecule has 1 aromatic heterocycles. The number of nitrogens with two attached hydrogens (primary N) is 1. The zero-order valence-corrected chi connectivity index (χ0v) is 12.8. The van der Waals surface area contributed by atoms with Gasteiger partial charge in [0.05, 0.1) is 6.54 Å². The van der Waals surface area contributed by atoms with Gasteiger partial charge in [0.2, 0.25) is 0 Å². The summed E-state index contributed by atoms with van der Waals surface area (Å²) >= 11 is 5.33. The van der Waals surface area contributed by atoms with Crippen LogP contribution in [0.15, 0.2) is 40.2 Å². The zero-order chi connectivity index (χ0) is 13.0. The minimum atomic E-state index is 0.573. The minimum absolute atomic E-state index is 0.573. The van der Waals surface area contributed by atoms with E-state index in [0.29, 0.717) is 6.54 Å². The molecule has 96 valence electrons. The first kappa shape index (κ1) is 13.6. The maximum absolute atomic E-state index is 5.83. The van der Waals surface area contributed by atoms with Crippen LogP contribution in [0.3, 0.4) is 0 Å². The average Bonchev–Trinajstić information content (AvgIpc) is 2.88. The van der Waals surface area contributed by atoms with Gasteiger partial charge in [-0.25, -0.2) is 0 Å². The van der Waals surface area contributed by atoms with Crippen LogP contribution in [0.25, 0.3) is 0 Å². The van der Waals surface area contributed by atoms with Gasteiger partial charge in [-0.05, 0) is 36.1 Å². The number of anilines is 1. The van der Waals surface area contributed by atoms with E-state index in [2.05, 4.69) is 57.4 Å². The lowest BCUT2D eigenvalue weighted by Gasteiger charge is -2.25. The van der Waals surface area contributed by atoms with Crippen molar-refractivity contribution in [2.75, 3.05) is 11.4 Å². The molecule has 1 heterocycles. The predicted octanol–water partition coefficient (Wildman–Crippen LogP) is 4.00. The second-order valence-electron chi connectivity index (χ2n) is 4.07. The Kier molecular flexibility index (Phi) is 4.80. The van der Waals surface area contributed by atoms with Gasteiger partial charge in [0.1, 0.15) is 0 Å². The van der Waals surface area contributed by atoms with Crippen molar-refractivity contribution in [2.24, 2.45) is 5.73 Å². The summed E-state index contributed by atoms with van der Waals surface area (Å²) in [6.45, 7) is 4.66. The summed E-state index contributed by atoms with van der Waals surface area (Å²) in [6.07, 6.45) is 0. The molecule has 18 heavy (non-hydrogen) atoms. The fraction of sp³-hybridized carbons (Fsp3) is 0.286. The monoisotopic (exact) mass is 324 g/mol. The van der Waals surface area contributed by atoms with Gasteiger partial charge in [-0.2, -0.15) is 0 Å². The van der Waals surface area contributed by atoms with Gasteiger partial charge in [-0.1, -0.05) is 28.1 Å². The summed E-state index contributed by atoms with van der Waals surface area (Å²) in [5.41, 5.74) is 8.24. The summed E-state index contributed by atoms with van der Waals surface area (Å²) in [5.74, 6) is 0. The fourth-order valence-electron chi connectivity index (χ4n) is 1.96. The predicted molar refractivity (Wildman–Crippen MR) is 83.1 cm³/mol. The topological polar surface area (TPSA) is 29.3 Å². The zero-order valence-electron chi connectivity index (χ0n) is 10.4. The van der Waals surface area contributed by atoms with Gasteiger partial charge in [-0.15, -0.1) is 11.3 Å². The van der Waals surface area contributed by atoms with Crippen molar-refractivity contribution < 1.29 is 0 Å². The molecule has 2 aromatic rings. The quantitative estimate of drug-likeness (QED) is 0.900. The number of benzene rings is 1. The SMILES string of the molecule is CCN(Cc1cccs1)c1cc(Br)ccc1CN. The highest BCUT2D eigenvalue weighted by atomic mass is 79.9. The molecule has 0 saturated heterocycles. The van der Waals surface area contributed by atoms with E-state index in [4.69, 9.17) is 5.73 Å². The van der Waals surface area contributed by atoms with Crippen molar-refractivity contribution in [1.82, 2.24) is 0 Å². The Morgan fingerprint density at radius 3 is 2.78 bits per heavy atom. The summed E-state index contributed by atoms with van der Waals surface area (Å²) in [4.78, 5) is 3.73. The minimum Gasteiger partial charge on any atom is -0.366 e. The molecular weight excluding hydrogens is 308 g/mol. The summed E-state index contributed by atoms with van der Waals surface area (Å²) in [7, 11) is 0. The largest absolute Gasteiger partial charge is 0.366 e. The number of halogens is 1. The highest BCUT2D eigenvalue weighted by molar-refractivity contribution is 9.10. The molecule has 0 saturated carbocycles. The molecule has 0 amide bonds. The van der Waals surface area contributed by atoms with E-state index in [1.807, 2.05) is 6.07 Å². The second kappa shape index (κ2) is 6.36. The number of rotatable bonds is 5. The first-order valence-corrected chi connectivity index (χ1v) is 7.67. The van der Waals surface area contributed by atoms with E-state index >= 15 is 0 Å². The molecule has 2 nitrogen and oxygen atoms in total. The van der Waals surface area contributed by atoms with E-state index < -0.39 is 0 Å². The Hall–Kier alpha value is -0.840. The van der Waals surface area contributed by atoms with E-state index in [9.17, 15) is 0 Å². The number of hydrogen-bond acceptors (Lipinski definition) is 3. The summed E-state index contributed by atoms with van der Waals surface area (Å²) in [6, 6.07) is 10.6. The summed E-state index contributed by atoms with van der Waals surface area (Å²) in [5, 5.41) is 2.12. The Morgan fingerprint density at radius 1 is 1.33 bits per heavy atom. The lowest BCUT2D eigenvalue weighted by molar-refractivity contribution is 0.831. The molecule has 0 fully saturated rings. The lowest BCUT2D eigenvalue weighted by atomic mass is 10.1. The van der Waals surface area contributed by atoms with Gasteiger partial charge in [-0.3, -0.25) is 0 Å². The maximum atomic E-state index is 5.83. The number of thiophene rings is 1. The van der Waals surface area contributed by atoms with Gasteiger partial charge in [0.15, 0.2) is 0 Å². The first-order valence-electron chi connectivity index (χ1n) is 6.00.